The minimum atomic E-state index is -0.424. The predicted molar refractivity (Wildman–Crippen MR) is 77.9 cm³/mol. The molecule has 2 rings (SSSR count). The van der Waals surface area contributed by atoms with Crippen LogP contribution < -0.4 is 5.32 Å². The fraction of sp³-hybridized carbons (Fsp3) is 0.200. The number of nitro benzene ring substituents is 1. The summed E-state index contributed by atoms with van der Waals surface area (Å²) in [6.45, 7) is 1.99. The van der Waals surface area contributed by atoms with Crippen molar-refractivity contribution in [2.24, 2.45) is 0 Å². The monoisotopic (exact) mass is 272 g/mol. The second-order valence-corrected chi connectivity index (χ2v) is 4.47. The molecule has 0 saturated carbocycles. The molecule has 2 aromatic carbocycles. The van der Waals surface area contributed by atoms with E-state index in [-0.39, 0.29) is 17.5 Å². The zero-order valence-corrected chi connectivity index (χ0v) is 11.1. The van der Waals surface area contributed by atoms with Crippen LogP contribution in [0.2, 0.25) is 0 Å². The number of para-hydroxylation sites is 1. The smallest absolute Gasteiger partial charge is 0.271 e. The van der Waals surface area contributed by atoms with E-state index in [1.165, 1.54) is 12.1 Å². The highest BCUT2D eigenvalue weighted by Crippen LogP contribution is 2.30. The lowest BCUT2D eigenvalue weighted by Crippen LogP contribution is -2.10. The highest BCUT2D eigenvalue weighted by atomic mass is 16.6. The second kappa shape index (κ2) is 6.06. The summed E-state index contributed by atoms with van der Waals surface area (Å²) >= 11 is 0. The van der Waals surface area contributed by atoms with Crippen molar-refractivity contribution in [3.05, 3.63) is 64.2 Å². The topological polar surface area (TPSA) is 75.4 Å². The number of phenolic OH excluding ortho intramolecular Hbond substituents is 1. The maximum absolute atomic E-state index is 10.8. The third-order valence-electron chi connectivity index (χ3n) is 3.12. The van der Waals surface area contributed by atoms with Gasteiger partial charge in [0.1, 0.15) is 5.75 Å². The van der Waals surface area contributed by atoms with Gasteiger partial charge in [-0.2, -0.15) is 0 Å². The van der Waals surface area contributed by atoms with Gasteiger partial charge in [-0.1, -0.05) is 31.2 Å². The van der Waals surface area contributed by atoms with E-state index in [2.05, 4.69) is 5.32 Å². The quantitative estimate of drug-likeness (QED) is 0.640. The molecule has 0 aliphatic carbocycles. The number of hydrogen-bond donors (Lipinski definition) is 2. The molecule has 5 heteroatoms. The van der Waals surface area contributed by atoms with Crippen molar-refractivity contribution in [2.45, 2.75) is 19.4 Å². The number of nitrogens with zero attached hydrogens (tertiary/aromatic N) is 1. The minimum Gasteiger partial charge on any atom is -0.508 e. The summed E-state index contributed by atoms with van der Waals surface area (Å²) in [5.41, 5.74) is 1.48. The normalized spacial score (nSPS) is 11.8. The summed E-state index contributed by atoms with van der Waals surface area (Å²) in [4.78, 5) is 10.3. The molecule has 1 unspecified atom stereocenters. The van der Waals surface area contributed by atoms with Gasteiger partial charge in [-0.25, -0.2) is 0 Å². The highest BCUT2D eigenvalue weighted by molar-refractivity contribution is 5.53. The summed E-state index contributed by atoms with van der Waals surface area (Å²) < 4.78 is 0. The summed E-state index contributed by atoms with van der Waals surface area (Å²) in [5, 5.41) is 23.9. The Labute approximate surface area is 117 Å². The van der Waals surface area contributed by atoms with E-state index in [1.54, 1.807) is 24.3 Å². The fourth-order valence-electron chi connectivity index (χ4n) is 2.09. The maximum atomic E-state index is 10.8. The van der Waals surface area contributed by atoms with Gasteiger partial charge in [0.2, 0.25) is 0 Å². The van der Waals surface area contributed by atoms with E-state index in [4.69, 9.17) is 0 Å². The number of nitrogens with one attached hydrogen (secondary N) is 1. The zero-order chi connectivity index (χ0) is 14.5. The maximum Gasteiger partial charge on any atom is 0.271 e. The molecule has 2 aromatic rings. The van der Waals surface area contributed by atoms with Gasteiger partial charge in [-0.3, -0.25) is 10.1 Å². The molecule has 104 valence electrons. The number of phenols is 1. The summed E-state index contributed by atoms with van der Waals surface area (Å²) in [6, 6.07) is 13.3. The van der Waals surface area contributed by atoms with Crippen LogP contribution in [-0.4, -0.2) is 10.0 Å². The third kappa shape index (κ3) is 3.06. The van der Waals surface area contributed by atoms with Gasteiger partial charge in [0.05, 0.1) is 11.0 Å². The summed E-state index contributed by atoms with van der Waals surface area (Å²) in [5.74, 6) is 0.220. The van der Waals surface area contributed by atoms with E-state index >= 15 is 0 Å². The number of benzene rings is 2. The SMILES string of the molecule is CCC(Nc1cccc([N+](=O)[O-])c1)c1ccccc1O. The first-order valence-corrected chi connectivity index (χ1v) is 6.40. The van der Waals surface area contributed by atoms with E-state index in [0.717, 1.165) is 12.0 Å². The molecule has 2 N–H and O–H groups in total. The first-order valence-electron chi connectivity index (χ1n) is 6.40. The predicted octanol–water partition coefficient (Wildman–Crippen LogP) is 3.86. The van der Waals surface area contributed by atoms with Crippen molar-refractivity contribution in [3.63, 3.8) is 0 Å². The molecule has 0 amide bonds. The molecule has 0 spiro atoms. The van der Waals surface area contributed by atoms with Crippen molar-refractivity contribution in [3.8, 4) is 5.75 Å². The van der Waals surface area contributed by atoms with Crippen LogP contribution in [0.4, 0.5) is 11.4 Å². The molecule has 0 aliphatic heterocycles. The van der Waals surface area contributed by atoms with Gasteiger partial charge in [0, 0.05) is 23.4 Å². The van der Waals surface area contributed by atoms with Crippen molar-refractivity contribution >= 4 is 11.4 Å². The molecule has 1 atom stereocenters. The largest absolute Gasteiger partial charge is 0.508 e. The molecule has 0 heterocycles. The van der Waals surface area contributed by atoms with E-state index in [0.29, 0.717) is 5.69 Å². The Balaban J connectivity index is 2.25. The van der Waals surface area contributed by atoms with Gasteiger partial charge in [-0.15, -0.1) is 0 Å². The molecule has 0 fully saturated rings. The Hall–Kier alpha value is -2.56. The molecule has 0 aromatic heterocycles. The minimum absolute atomic E-state index is 0.0436. The van der Waals surface area contributed by atoms with Crippen LogP contribution in [0.15, 0.2) is 48.5 Å². The average Bonchev–Trinajstić information content (AvgIpc) is 2.46. The first kappa shape index (κ1) is 13.9. The van der Waals surface area contributed by atoms with Crippen molar-refractivity contribution in [1.82, 2.24) is 0 Å². The molecular formula is C15H16N2O3. The molecule has 0 bridgehead atoms. The Kier molecular flexibility index (Phi) is 4.20. The van der Waals surface area contributed by atoms with Crippen LogP contribution in [0.25, 0.3) is 0 Å². The van der Waals surface area contributed by atoms with Gasteiger partial charge >= 0.3 is 0 Å². The molecule has 0 aliphatic rings. The molecule has 0 radical (unpaired) electrons. The van der Waals surface area contributed by atoms with Crippen molar-refractivity contribution in [1.29, 1.82) is 0 Å². The van der Waals surface area contributed by atoms with Crippen LogP contribution >= 0.6 is 0 Å². The number of aromatic hydroxyl groups is 1. The number of hydrogen-bond acceptors (Lipinski definition) is 4. The van der Waals surface area contributed by atoms with E-state index in [1.807, 2.05) is 19.1 Å². The highest BCUT2D eigenvalue weighted by Gasteiger charge is 2.14. The van der Waals surface area contributed by atoms with Crippen molar-refractivity contribution < 1.29 is 10.0 Å². The zero-order valence-electron chi connectivity index (χ0n) is 11.1. The number of nitro groups is 1. The number of non-ortho nitro benzene ring substituents is 1. The second-order valence-electron chi connectivity index (χ2n) is 4.47. The third-order valence-corrected chi connectivity index (χ3v) is 3.12. The summed E-state index contributed by atoms with van der Waals surface area (Å²) in [7, 11) is 0. The van der Waals surface area contributed by atoms with Crippen LogP contribution in [0, 0.1) is 10.1 Å². The molecule has 20 heavy (non-hydrogen) atoms. The van der Waals surface area contributed by atoms with Crippen molar-refractivity contribution in [2.75, 3.05) is 5.32 Å². The Bertz CT molecular complexity index is 614. The Morgan fingerprint density at radius 1 is 1.25 bits per heavy atom. The lowest BCUT2D eigenvalue weighted by molar-refractivity contribution is -0.384. The average molecular weight is 272 g/mol. The van der Waals surface area contributed by atoms with Crippen LogP contribution in [0.3, 0.4) is 0 Å². The van der Waals surface area contributed by atoms with Crippen LogP contribution in [0.5, 0.6) is 5.75 Å². The van der Waals surface area contributed by atoms with Gasteiger partial charge < -0.3 is 10.4 Å². The lowest BCUT2D eigenvalue weighted by Gasteiger charge is -2.19. The first-order chi connectivity index (χ1) is 9.61. The van der Waals surface area contributed by atoms with E-state index < -0.39 is 4.92 Å². The fourth-order valence-corrected chi connectivity index (χ4v) is 2.09. The van der Waals surface area contributed by atoms with Crippen LogP contribution in [-0.2, 0) is 0 Å². The lowest BCUT2D eigenvalue weighted by atomic mass is 10.0. The number of anilines is 1. The Morgan fingerprint density at radius 2 is 2.00 bits per heavy atom. The Morgan fingerprint density at radius 3 is 2.65 bits per heavy atom. The summed E-state index contributed by atoms with van der Waals surface area (Å²) in [6.07, 6.45) is 0.750. The molecular weight excluding hydrogens is 256 g/mol. The van der Waals surface area contributed by atoms with Gasteiger partial charge in [-0.05, 0) is 18.6 Å². The van der Waals surface area contributed by atoms with Gasteiger partial charge in [0.15, 0.2) is 0 Å². The molecule has 5 nitrogen and oxygen atoms in total. The standard InChI is InChI=1S/C15H16N2O3/c1-2-14(13-8-3-4-9-15(13)18)16-11-6-5-7-12(10-11)17(19)20/h3-10,14,16,18H,2H2,1H3. The molecule has 0 saturated heterocycles. The van der Waals surface area contributed by atoms with E-state index in [9.17, 15) is 15.2 Å². The number of rotatable bonds is 5. The van der Waals surface area contributed by atoms with Gasteiger partial charge in [0.25, 0.3) is 5.69 Å². The van der Waals surface area contributed by atoms with Crippen LogP contribution in [0.1, 0.15) is 24.9 Å².